The highest BCUT2D eigenvalue weighted by molar-refractivity contribution is 7.14. The van der Waals surface area contributed by atoms with Crippen molar-refractivity contribution in [2.45, 2.75) is 19.3 Å². The second-order valence-corrected chi connectivity index (χ2v) is 6.31. The lowest BCUT2D eigenvalue weighted by Crippen LogP contribution is -2.32. The van der Waals surface area contributed by atoms with E-state index in [1.54, 1.807) is 11.3 Å². The third kappa shape index (κ3) is 4.63. The molecule has 0 amide bonds. The lowest BCUT2D eigenvalue weighted by atomic mass is 9.91. The maximum Gasteiger partial charge on any atom is 0.673 e. The van der Waals surface area contributed by atoms with Gasteiger partial charge in [0, 0.05) is 11.1 Å². The molecule has 2 heterocycles. The Labute approximate surface area is 145 Å². The Morgan fingerprint density at radius 1 is 1.08 bits per heavy atom. The summed E-state index contributed by atoms with van der Waals surface area (Å²) in [6.45, 7) is 0. The van der Waals surface area contributed by atoms with Crippen LogP contribution in [0.5, 0.6) is 0 Å². The van der Waals surface area contributed by atoms with Crippen molar-refractivity contribution in [2.24, 2.45) is 0 Å². The van der Waals surface area contributed by atoms with Gasteiger partial charge >= 0.3 is 12.2 Å². The molecule has 0 radical (unpaired) electrons. The molecule has 4 rings (SSSR count). The highest BCUT2D eigenvalue weighted by Gasteiger charge is 2.25. The molecule has 0 spiro atoms. The van der Waals surface area contributed by atoms with E-state index in [1.165, 1.54) is 28.8 Å². The van der Waals surface area contributed by atoms with Crippen molar-refractivity contribution >= 4 is 35.2 Å². The first-order valence-electron chi connectivity index (χ1n) is 7.68. The van der Waals surface area contributed by atoms with Crippen LogP contribution in [0, 0.1) is 0 Å². The Morgan fingerprint density at radius 2 is 1.80 bits per heavy atom. The number of benzene rings is 1. The third-order valence-corrected chi connectivity index (χ3v) is 4.37. The van der Waals surface area contributed by atoms with Crippen LogP contribution >= 0.6 is 11.3 Å². The van der Waals surface area contributed by atoms with E-state index in [4.69, 9.17) is 0 Å². The van der Waals surface area contributed by atoms with Crippen molar-refractivity contribution in [3.05, 3.63) is 58.9 Å². The molecule has 0 atom stereocenters. The molecule has 1 aliphatic rings. The molecule has 0 N–H and O–H groups in total. The van der Waals surface area contributed by atoms with E-state index in [-0.39, 0.29) is 0 Å². The third-order valence-electron chi connectivity index (χ3n) is 3.69. The van der Waals surface area contributed by atoms with E-state index < -0.39 is 7.25 Å². The van der Waals surface area contributed by atoms with E-state index in [0.717, 1.165) is 17.8 Å². The fraction of sp³-hybridized carbons (Fsp3) is 0.188. The topological polar surface area (TPSA) is 29.9 Å². The lowest BCUT2D eigenvalue weighted by Gasteiger charge is -2.14. The van der Waals surface area contributed by atoms with Crippen LogP contribution < -0.4 is 4.52 Å². The Morgan fingerprint density at radius 3 is 2.52 bits per heavy atom. The largest absolute Gasteiger partial charge is 0.673 e. The molecule has 0 fully saturated rings. The first kappa shape index (κ1) is 17.5. The molecule has 2 aromatic heterocycles. The highest BCUT2D eigenvalue weighted by atomic mass is 32.1. The number of aromatic nitrogens is 3. The zero-order chi connectivity index (χ0) is 17.9. The SMILES string of the molecule is C(=C1/CCCc2cnc3scn[n+]3c21)/c1ccccc1.F[B-](F)(F)F. The molecule has 9 heteroatoms. The van der Waals surface area contributed by atoms with Gasteiger partial charge in [-0.15, -0.1) is 0 Å². The fourth-order valence-electron chi connectivity index (χ4n) is 2.79. The number of rotatable bonds is 1. The Hall–Kier alpha value is -2.29. The van der Waals surface area contributed by atoms with Gasteiger partial charge in [-0.25, -0.2) is 0 Å². The normalized spacial score (nSPS) is 15.6. The van der Waals surface area contributed by atoms with Crippen LogP contribution in [-0.2, 0) is 6.42 Å². The maximum atomic E-state index is 9.75. The minimum Gasteiger partial charge on any atom is -0.418 e. The number of hydrogen-bond acceptors (Lipinski definition) is 3. The molecule has 1 aromatic carbocycles. The molecular weight excluding hydrogens is 353 g/mol. The molecule has 3 aromatic rings. The van der Waals surface area contributed by atoms with Crippen molar-refractivity contribution < 1.29 is 21.8 Å². The Balaban J connectivity index is 0.000000324. The average molecular weight is 367 g/mol. The molecule has 0 saturated heterocycles. The van der Waals surface area contributed by atoms with Crippen molar-refractivity contribution in [3.8, 4) is 0 Å². The predicted octanol–water partition coefficient (Wildman–Crippen LogP) is 4.45. The number of halogens is 4. The zero-order valence-corrected chi connectivity index (χ0v) is 13.9. The van der Waals surface area contributed by atoms with Gasteiger partial charge in [0.05, 0.1) is 0 Å². The van der Waals surface area contributed by atoms with Gasteiger partial charge in [0.15, 0.2) is 5.69 Å². The molecular formula is C16H14BF4N3S. The standard InChI is InChI=1S/C16H14N3S.BF4/c1-2-5-12(6-3-1)9-13-7-4-8-14-10-17-16-19(15(13)14)18-11-20-16;2-1(3,4)5/h1-3,5-6,9-11H,4,7-8H2;/q+1;-1/b13-9+;. The number of aryl methyl sites for hydroxylation is 1. The van der Waals surface area contributed by atoms with Crippen LogP contribution in [0.1, 0.15) is 29.7 Å². The molecule has 3 nitrogen and oxygen atoms in total. The van der Waals surface area contributed by atoms with Gasteiger partial charge in [-0.1, -0.05) is 39.9 Å². The minimum atomic E-state index is -6.00. The first-order valence-corrected chi connectivity index (χ1v) is 8.56. The van der Waals surface area contributed by atoms with Gasteiger partial charge in [-0.3, -0.25) is 0 Å². The predicted molar refractivity (Wildman–Crippen MR) is 90.5 cm³/mol. The van der Waals surface area contributed by atoms with Gasteiger partial charge < -0.3 is 17.3 Å². The minimum absolute atomic E-state index is 0.963. The van der Waals surface area contributed by atoms with Crippen LogP contribution in [0.4, 0.5) is 17.3 Å². The number of fused-ring (bicyclic) bond motifs is 3. The zero-order valence-electron chi connectivity index (χ0n) is 13.1. The summed E-state index contributed by atoms with van der Waals surface area (Å²) in [5, 5.41) is 4.46. The number of nitrogens with zero attached hydrogens (tertiary/aromatic N) is 3. The summed E-state index contributed by atoms with van der Waals surface area (Å²) >= 11 is 1.58. The van der Waals surface area contributed by atoms with Crippen LogP contribution in [0.2, 0.25) is 0 Å². The van der Waals surface area contributed by atoms with E-state index in [1.807, 2.05) is 22.3 Å². The van der Waals surface area contributed by atoms with Gasteiger partial charge in [0.2, 0.25) is 0 Å². The second-order valence-electron chi connectivity index (χ2n) is 5.49. The summed E-state index contributed by atoms with van der Waals surface area (Å²) in [6.07, 6.45) is 7.68. The fourth-order valence-corrected chi connectivity index (χ4v) is 3.38. The van der Waals surface area contributed by atoms with Crippen LogP contribution in [0.3, 0.4) is 0 Å². The lowest BCUT2D eigenvalue weighted by molar-refractivity contribution is -0.581. The maximum absolute atomic E-state index is 9.75. The summed E-state index contributed by atoms with van der Waals surface area (Å²) in [7, 11) is -6.00. The van der Waals surface area contributed by atoms with Gasteiger partial charge in [-0.05, 0) is 47.2 Å². The molecule has 0 bridgehead atoms. The first-order chi connectivity index (χ1) is 11.9. The molecule has 25 heavy (non-hydrogen) atoms. The molecule has 0 aliphatic heterocycles. The van der Waals surface area contributed by atoms with E-state index in [9.17, 15) is 17.3 Å². The van der Waals surface area contributed by atoms with Gasteiger partial charge in [0.1, 0.15) is 11.7 Å². The summed E-state index contributed by atoms with van der Waals surface area (Å²) in [4.78, 5) is 5.45. The summed E-state index contributed by atoms with van der Waals surface area (Å²) in [6, 6.07) is 10.5. The highest BCUT2D eigenvalue weighted by Crippen LogP contribution is 2.29. The van der Waals surface area contributed by atoms with E-state index >= 15 is 0 Å². The van der Waals surface area contributed by atoms with Crippen molar-refractivity contribution in [2.75, 3.05) is 0 Å². The molecule has 0 saturated carbocycles. The summed E-state index contributed by atoms with van der Waals surface area (Å²) in [5.74, 6) is 0. The van der Waals surface area contributed by atoms with Crippen LogP contribution in [0.15, 0.2) is 42.0 Å². The van der Waals surface area contributed by atoms with Crippen molar-refractivity contribution in [1.29, 1.82) is 0 Å². The van der Waals surface area contributed by atoms with E-state index in [2.05, 4.69) is 40.4 Å². The second kappa shape index (κ2) is 7.31. The summed E-state index contributed by atoms with van der Waals surface area (Å²) in [5.41, 5.74) is 7.02. The molecule has 0 unspecified atom stereocenters. The quantitative estimate of drug-likeness (QED) is 0.361. The van der Waals surface area contributed by atoms with Crippen LogP contribution in [-0.4, -0.2) is 17.3 Å². The summed E-state index contributed by atoms with van der Waals surface area (Å²) < 4.78 is 41.0. The Kier molecular flexibility index (Phi) is 5.12. The van der Waals surface area contributed by atoms with E-state index in [0.29, 0.717) is 0 Å². The number of hydrogen-bond donors (Lipinski definition) is 0. The Bertz CT molecular complexity index is 887. The van der Waals surface area contributed by atoms with Crippen molar-refractivity contribution in [1.82, 2.24) is 10.1 Å². The monoisotopic (exact) mass is 367 g/mol. The van der Waals surface area contributed by atoms with Crippen LogP contribution in [0.25, 0.3) is 16.6 Å². The molecule has 1 aliphatic carbocycles. The van der Waals surface area contributed by atoms with Crippen molar-refractivity contribution in [3.63, 3.8) is 0 Å². The van der Waals surface area contributed by atoms with Gasteiger partial charge in [0.25, 0.3) is 0 Å². The average Bonchev–Trinajstić information content (AvgIpc) is 3.03. The smallest absolute Gasteiger partial charge is 0.418 e. The molecule has 130 valence electrons. The van der Waals surface area contributed by atoms with Gasteiger partial charge in [-0.2, -0.15) is 0 Å². The number of allylic oxidation sites excluding steroid dienone is 1.